The fraction of sp³-hybridized carbons (Fsp3) is 0.636. The van der Waals surface area contributed by atoms with Crippen molar-refractivity contribution in [1.29, 1.82) is 0 Å². The van der Waals surface area contributed by atoms with E-state index in [9.17, 15) is 30.0 Å². The quantitative estimate of drug-likeness (QED) is 0.0236. The Morgan fingerprint density at radius 1 is 0.459 bits per heavy atom. The molecule has 3 aromatic rings. The standard InChI is InChI=1S/C77H118N3O28S3/c1-76(27-32-95-43-48-103-55-52-99-39-36-88-5)68-60-66(110(84,85)92-9)20-22-70(68)79(29-34-97-45-50-105-57-54-101-41-38-90-7)72(76)24-14-62-12-11-13-63(75(62)107-64-16-18-65(19-17-64)109(82,83)91-8)15-25-73-77(2,28-33-96-44-49-104-56-53-100-40-37-89-6)69-61-67(111(86,87)93-10)21-23-71(69)80(73)30-35-98-46-51-106-59-58-102-47-42-94-31-26-74(81)108-78(3)4/h14-25,60-61H,11-13,26-59H2,1-10H3/q+1. The van der Waals surface area contributed by atoms with Gasteiger partial charge in [-0.2, -0.15) is 29.8 Å². The zero-order chi connectivity index (χ0) is 80.2. The van der Waals surface area contributed by atoms with Crippen molar-refractivity contribution in [2.75, 3.05) is 266 Å². The first-order valence-corrected chi connectivity index (χ1v) is 41.5. The summed E-state index contributed by atoms with van der Waals surface area (Å²) in [6, 6.07) is 15.9. The monoisotopic (exact) mass is 1630 g/mol. The molecule has 34 heteroatoms. The molecular formula is C77H118N3O28S3+. The predicted molar refractivity (Wildman–Crippen MR) is 410 cm³/mol. The summed E-state index contributed by atoms with van der Waals surface area (Å²) >= 11 is 0. The van der Waals surface area contributed by atoms with Crippen molar-refractivity contribution in [2.24, 2.45) is 0 Å². The van der Waals surface area contributed by atoms with Crippen LogP contribution in [0.15, 0.2) is 122 Å². The second kappa shape index (κ2) is 51.4. The molecule has 0 amide bonds. The van der Waals surface area contributed by atoms with E-state index in [-0.39, 0.29) is 87.2 Å². The second-order valence-corrected chi connectivity index (χ2v) is 31.0. The van der Waals surface area contributed by atoms with Crippen molar-refractivity contribution in [3.63, 3.8) is 0 Å². The summed E-state index contributed by atoms with van der Waals surface area (Å²) < 4.78 is 196. The summed E-state index contributed by atoms with van der Waals surface area (Å²) in [5.41, 5.74) is 4.22. The molecule has 111 heavy (non-hydrogen) atoms. The van der Waals surface area contributed by atoms with E-state index in [0.29, 0.717) is 193 Å². The minimum atomic E-state index is -4.18. The molecule has 2 aliphatic heterocycles. The van der Waals surface area contributed by atoms with Gasteiger partial charge in [-0.1, -0.05) is 6.08 Å². The molecule has 0 aromatic heterocycles. The molecular weight excluding hydrogens is 1510 g/mol. The van der Waals surface area contributed by atoms with Crippen LogP contribution in [0.1, 0.15) is 63.5 Å². The largest absolute Gasteiger partial charge is 0.457 e. The van der Waals surface area contributed by atoms with Crippen molar-refractivity contribution in [1.82, 2.24) is 5.06 Å². The Hall–Kier alpha value is -5.59. The normalized spacial score (nSPS) is 17.6. The molecule has 0 radical (unpaired) electrons. The van der Waals surface area contributed by atoms with Crippen LogP contribution >= 0.6 is 0 Å². The average Bonchev–Trinajstić information content (AvgIpc) is 1.58. The summed E-state index contributed by atoms with van der Waals surface area (Å²) in [7, 11) is -1.01. The van der Waals surface area contributed by atoms with Crippen LogP contribution in [0.2, 0.25) is 0 Å². The van der Waals surface area contributed by atoms with E-state index in [1.54, 1.807) is 71.8 Å². The first-order chi connectivity index (χ1) is 53.6. The SMILES string of the molecule is COCCOCCOCCOCC[N+]1=C(/C=C/C2=C(Oc3ccc(S(=O)(=O)OC)cc3)C(=C/C=C3/N(CCOCCOCCOCCOCCC(=O)ON(C)C)c4ccc(S(=O)(=O)OC)cc4C3(C)CCOCCOCCOCCOC)/CCC2)C(C)(CCOCCOCCOCCOC)c2cc(S(=O)(=O)OC)ccc21. The summed E-state index contributed by atoms with van der Waals surface area (Å²) in [5.74, 6) is 0.422. The van der Waals surface area contributed by atoms with E-state index in [1.165, 1.54) is 29.3 Å². The van der Waals surface area contributed by atoms with Crippen molar-refractivity contribution in [3.05, 3.63) is 119 Å². The lowest BCUT2D eigenvalue weighted by Gasteiger charge is -2.31. The van der Waals surface area contributed by atoms with Crippen molar-refractivity contribution in [2.45, 2.75) is 77.9 Å². The Morgan fingerprint density at radius 3 is 1.35 bits per heavy atom. The van der Waals surface area contributed by atoms with E-state index < -0.39 is 47.2 Å². The third-order valence-corrected chi connectivity index (χ3v) is 22.0. The number of fused-ring (bicyclic) bond motifs is 2. The number of hydrogen-bond donors (Lipinski definition) is 0. The molecule has 0 spiro atoms. The molecule has 0 saturated heterocycles. The first kappa shape index (κ1) is 94.3. The lowest BCUT2D eigenvalue weighted by molar-refractivity contribution is -0.442. The van der Waals surface area contributed by atoms with Gasteiger partial charge in [0.15, 0.2) is 12.3 Å². The number of methoxy groups -OCH3 is 3. The molecule has 0 bridgehead atoms. The molecule has 0 N–H and O–H groups in total. The molecule has 2 unspecified atom stereocenters. The van der Waals surface area contributed by atoms with E-state index >= 15 is 0 Å². The molecule has 0 saturated carbocycles. The maximum Gasteiger partial charge on any atom is 0.327 e. The summed E-state index contributed by atoms with van der Waals surface area (Å²) in [4.78, 5) is 18.7. The van der Waals surface area contributed by atoms with Gasteiger partial charge in [0.05, 0.1) is 220 Å². The van der Waals surface area contributed by atoms with Gasteiger partial charge in [0.2, 0.25) is 5.69 Å². The van der Waals surface area contributed by atoms with E-state index in [0.717, 1.165) is 55.3 Å². The Bertz CT molecular complexity index is 3760. The van der Waals surface area contributed by atoms with Crippen LogP contribution in [-0.2, 0) is 139 Å². The van der Waals surface area contributed by atoms with Gasteiger partial charge in [-0.15, -0.1) is 5.06 Å². The van der Waals surface area contributed by atoms with Gasteiger partial charge in [0.1, 0.15) is 18.1 Å². The van der Waals surface area contributed by atoms with Crippen molar-refractivity contribution < 1.29 is 133 Å². The van der Waals surface area contributed by atoms with Crippen molar-refractivity contribution >= 4 is 53.4 Å². The van der Waals surface area contributed by atoms with E-state index in [1.807, 2.05) is 24.3 Å². The van der Waals surface area contributed by atoms with Gasteiger partial charge < -0.3 is 90.3 Å². The third kappa shape index (κ3) is 31.2. The molecule has 31 nitrogen and oxygen atoms in total. The summed E-state index contributed by atoms with van der Waals surface area (Å²) in [5, 5.41) is 1.33. The minimum Gasteiger partial charge on any atom is -0.457 e. The average molecular weight is 1630 g/mol. The molecule has 0 fully saturated rings. The number of hydroxylamine groups is 2. The van der Waals surface area contributed by atoms with Gasteiger partial charge in [0.25, 0.3) is 30.4 Å². The van der Waals surface area contributed by atoms with Crippen LogP contribution in [-0.4, -0.2) is 308 Å². The van der Waals surface area contributed by atoms with Crippen LogP contribution < -0.4 is 9.64 Å². The fourth-order valence-electron chi connectivity index (χ4n) is 12.3. The summed E-state index contributed by atoms with van der Waals surface area (Å²) in [6.07, 6.45) is 10.7. The zero-order valence-electron chi connectivity index (χ0n) is 66.2. The molecule has 3 aliphatic rings. The highest BCUT2D eigenvalue weighted by Gasteiger charge is 2.49. The number of rotatable bonds is 63. The van der Waals surface area contributed by atoms with Gasteiger partial charge in [0, 0.05) is 89.7 Å². The maximum atomic E-state index is 13.6. The lowest BCUT2D eigenvalue weighted by atomic mass is 9.76. The molecule has 2 heterocycles. The molecule has 6 rings (SSSR count). The van der Waals surface area contributed by atoms with Crippen LogP contribution in [0.4, 0.5) is 11.4 Å². The van der Waals surface area contributed by atoms with Gasteiger partial charge in [-0.3, -0.25) is 17.3 Å². The number of ether oxygens (including phenoxy) is 17. The highest BCUT2D eigenvalue weighted by atomic mass is 32.2. The number of carbonyl (C=O) groups excluding carboxylic acids is 1. The van der Waals surface area contributed by atoms with Gasteiger partial charge in [-0.25, -0.2) is 0 Å². The number of carbonyl (C=O) groups is 1. The van der Waals surface area contributed by atoms with Crippen LogP contribution in [0.5, 0.6) is 5.75 Å². The predicted octanol–water partition coefficient (Wildman–Crippen LogP) is 7.05. The molecule has 2 atom stereocenters. The number of anilines is 1. The first-order valence-electron chi connectivity index (χ1n) is 37.2. The topological polar surface area (TPSA) is 323 Å². The second-order valence-electron chi connectivity index (χ2n) is 25.9. The van der Waals surface area contributed by atoms with E-state index in [2.05, 4.69) is 23.3 Å². The lowest BCUT2D eigenvalue weighted by Crippen LogP contribution is -2.33. The minimum absolute atomic E-state index is 0.0234. The number of nitrogens with zero attached hydrogens (tertiary/aromatic N) is 3. The Balaban J connectivity index is 1.41. The highest BCUT2D eigenvalue weighted by Crippen LogP contribution is 2.51. The van der Waals surface area contributed by atoms with Crippen LogP contribution in [0.3, 0.4) is 0 Å². The molecule has 626 valence electrons. The number of allylic oxidation sites excluding steroid dienone is 7. The van der Waals surface area contributed by atoms with Crippen LogP contribution in [0, 0.1) is 0 Å². The van der Waals surface area contributed by atoms with Gasteiger partial charge >= 0.3 is 5.97 Å². The fourth-order valence-corrected chi connectivity index (χ4v) is 14.3. The Kier molecular flexibility index (Phi) is 43.6. The molecule has 3 aromatic carbocycles. The van der Waals surface area contributed by atoms with Crippen LogP contribution in [0.25, 0.3) is 0 Å². The highest BCUT2D eigenvalue weighted by molar-refractivity contribution is 7.87. The van der Waals surface area contributed by atoms with Crippen molar-refractivity contribution in [3.8, 4) is 5.75 Å². The number of benzene rings is 3. The van der Waals surface area contributed by atoms with E-state index in [4.69, 9.17) is 97.9 Å². The maximum absolute atomic E-state index is 13.6. The Labute approximate surface area is 656 Å². The Morgan fingerprint density at radius 2 is 0.874 bits per heavy atom. The smallest absolute Gasteiger partial charge is 0.327 e. The summed E-state index contributed by atoms with van der Waals surface area (Å²) in [6.45, 7) is 14.5. The van der Waals surface area contributed by atoms with Gasteiger partial charge in [-0.05, 0) is 129 Å². The zero-order valence-corrected chi connectivity index (χ0v) is 68.7. The third-order valence-electron chi connectivity index (χ3n) is 18.1. The molecule has 1 aliphatic carbocycles. The number of hydrogen-bond acceptors (Lipinski definition) is 30.